The monoisotopic (exact) mass is 260 g/mol. The Morgan fingerprint density at radius 2 is 1.94 bits per heavy atom. The van der Waals surface area contributed by atoms with E-state index >= 15 is 0 Å². The summed E-state index contributed by atoms with van der Waals surface area (Å²) in [5.74, 6) is 0. The molecular formula is C12H11F3OS. The molecule has 0 fully saturated rings. The first-order chi connectivity index (χ1) is 7.96. The largest absolute Gasteiger partial charge is 0.392 e. The maximum absolute atomic E-state index is 12.1. The van der Waals surface area contributed by atoms with Crippen molar-refractivity contribution in [2.45, 2.75) is 25.1 Å². The summed E-state index contributed by atoms with van der Waals surface area (Å²) in [6.45, 7) is 0. The maximum Gasteiger partial charge on any atom is 0.391 e. The van der Waals surface area contributed by atoms with Crippen molar-refractivity contribution >= 4 is 21.4 Å². The van der Waals surface area contributed by atoms with Gasteiger partial charge in [0, 0.05) is 11.1 Å². The fourth-order valence-electron chi connectivity index (χ4n) is 1.78. The Bertz CT molecular complexity index is 504. The van der Waals surface area contributed by atoms with Crippen molar-refractivity contribution in [1.82, 2.24) is 0 Å². The summed E-state index contributed by atoms with van der Waals surface area (Å²) in [4.78, 5) is 0. The van der Waals surface area contributed by atoms with Crippen LogP contribution in [0.5, 0.6) is 0 Å². The average molecular weight is 260 g/mol. The minimum atomic E-state index is -4.31. The maximum atomic E-state index is 12.1. The molecule has 0 spiro atoms. The highest BCUT2D eigenvalue weighted by molar-refractivity contribution is 7.17. The molecule has 2 rings (SSSR count). The van der Waals surface area contributed by atoms with E-state index in [4.69, 9.17) is 0 Å². The highest BCUT2D eigenvalue weighted by atomic mass is 32.1. The van der Waals surface area contributed by atoms with Gasteiger partial charge in [0.05, 0.1) is 12.5 Å². The van der Waals surface area contributed by atoms with Crippen LogP contribution >= 0.6 is 11.3 Å². The molecule has 0 saturated heterocycles. The van der Waals surface area contributed by atoms with E-state index in [0.717, 1.165) is 15.6 Å². The first-order valence-electron chi connectivity index (χ1n) is 5.15. The van der Waals surface area contributed by atoms with Gasteiger partial charge in [0.1, 0.15) is 0 Å². The summed E-state index contributed by atoms with van der Waals surface area (Å²) in [5.41, 5.74) is 0.780. The van der Waals surface area contributed by atoms with Crippen LogP contribution in [-0.4, -0.2) is 17.4 Å². The van der Waals surface area contributed by atoms with Gasteiger partial charge in [0.25, 0.3) is 0 Å². The first kappa shape index (κ1) is 12.4. The van der Waals surface area contributed by atoms with Crippen LogP contribution in [0.25, 0.3) is 10.1 Å². The number of hydrogen-bond donors (Lipinski definition) is 1. The molecule has 1 atom stereocenters. The van der Waals surface area contributed by atoms with Gasteiger partial charge in [-0.2, -0.15) is 13.2 Å². The molecule has 1 aromatic heterocycles. The number of rotatable bonds is 3. The topological polar surface area (TPSA) is 20.2 Å². The lowest BCUT2D eigenvalue weighted by atomic mass is 10.0. The highest BCUT2D eigenvalue weighted by Crippen LogP contribution is 2.29. The molecule has 1 nitrogen and oxygen atoms in total. The molecule has 92 valence electrons. The van der Waals surface area contributed by atoms with Crippen LogP contribution in [0.3, 0.4) is 0 Å². The molecule has 0 aliphatic heterocycles. The zero-order chi connectivity index (χ0) is 12.5. The molecule has 1 aromatic carbocycles. The standard InChI is InChI=1S/C12H11F3OS/c13-12(14,15)6-9(16)5-8-7-17-11-4-2-1-3-10(8)11/h1-4,7,9,16H,5-6H2. The Hall–Kier alpha value is -1.07. The molecule has 17 heavy (non-hydrogen) atoms. The van der Waals surface area contributed by atoms with Crippen LogP contribution in [-0.2, 0) is 6.42 Å². The lowest BCUT2D eigenvalue weighted by molar-refractivity contribution is -0.153. The molecule has 1 N–H and O–H groups in total. The second-order valence-corrected chi connectivity index (χ2v) is 4.85. The normalized spacial score (nSPS) is 14.1. The van der Waals surface area contributed by atoms with Crippen LogP contribution < -0.4 is 0 Å². The van der Waals surface area contributed by atoms with Crippen LogP contribution in [0.4, 0.5) is 13.2 Å². The number of halogens is 3. The number of fused-ring (bicyclic) bond motifs is 1. The fraction of sp³-hybridized carbons (Fsp3) is 0.333. The zero-order valence-electron chi connectivity index (χ0n) is 8.87. The second-order valence-electron chi connectivity index (χ2n) is 3.93. The van der Waals surface area contributed by atoms with Crippen molar-refractivity contribution in [2.75, 3.05) is 0 Å². The van der Waals surface area contributed by atoms with E-state index in [0.29, 0.717) is 0 Å². The molecular weight excluding hydrogens is 249 g/mol. The van der Waals surface area contributed by atoms with Crippen molar-refractivity contribution < 1.29 is 18.3 Å². The van der Waals surface area contributed by atoms with E-state index in [1.165, 1.54) is 11.3 Å². The van der Waals surface area contributed by atoms with Crippen molar-refractivity contribution in [3.8, 4) is 0 Å². The van der Waals surface area contributed by atoms with Crippen molar-refractivity contribution in [1.29, 1.82) is 0 Å². The number of thiophene rings is 1. The molecule has 0 bridgehead atoms. The van der Waals surface area contributed by atoms with Gasteiger partial charge in [0.15, 0.2) is 0 Å². The van der Waals surface area contributed by atoms with E-state index in [2.05, 4.69) is 0 Å². The predicted octanol–water partition coefficient (Wildman–Crippen LogP) is 3.76. The van der Waals surface area contributed by atoms with Gasteiger partial charge >= 0.3 is 6.18 Å². The summed E-state index contributed by atoms with van der Waals surface area (Å²) in [6.07, 6.45) is -6.79. The molecule has 1 heterocycles. The summed E-state index contributed by atoms with van der Waals surface area (Å²) in [5, 5.41) is 12.1. The van der Waals surface area contributed by atoms with Crippen LogP contribution in [0.2, 0.25) is 0 Å². The Balaban J connectivity index is 2.13. The van der Waals surface area contributed by atoms with Crippen molar-refractivity contribution in [3.05, 3.63) is 35.2 Å². The minimum absolute atomic E-state index is 0.0452. The third kappa shape index (κ3) is 3.20. The third-order valence-electron chi connectivity index (χ3n) is 2.48. The van der Waals surface area contributed by atoms with E-state index in [1.807, 2.05) is 29.6 Å². The van der Waals surface area contributed by atoms with Crippen LogP contribution in [0, 0.1) is 0 Å². The average Bonchev–Trinajstić information content (AvgIpc) is 2.59. The van der Waals surface area contributed by atoms with Gasteiger partial charge in [-0.25, -0.2) is 0 Å². The molecule has 5 heteroatoms. The van der Waals surface area contributed by atoms with Crippen molar-refractivity contribution in [3.63, 3.8) is 0 Å². The lowest BCUT2D eigenvalue weighted by Crippen LogP contribution is -2.21. The number of alkyl halides is 3. The van der Waals surface area contributed by atoms with E-state index < -0.39 is 18.7 Å². The summed E-state index contributed by atoms with van der Waals surface area (Å²) in [6, 6.07) is 7.50. The Morgan fingerprint density at radius 3 is 2.65 bits per heavy atom. The number of benzene rings is 1. The molecule has 0 amide bonds. The summed E-state index contributed by atoms with van der Waals surface area (Å²) >= 11 is 1.48. The Kier molecular flexibility index (Phi) is 3.40. The Labute approximate surface area is 101 Å². The molecule has 0 aliphatic rings. The number of aliphatic hydroxyl groups is 1. The molecule has 0 radical (unpaired) electrons. The summed E-state index contributed by atoms with van der Waals surface area (Å²) in [7, 11) is 0. The Morgan fingerprint density at radius 1 is 1.24 bits per heavy atom. The highest BCUT2D eigenvalue weighted by Gasteiger charge is 2.31. The van der Waals surface area contributed by atoms with Crippen molar-refractivity contribution in [2.24, 2.45) is 0 Å². The van der Waals surface area contributed by atoms with Crippen LogP contribution in [0.15, 0.2) is 29.6 Å². The predicted molar refractivity (Wildman–Crippen MR) is 62.2 cm³/mol. The van der Waals surface area contributed by atoms with Gasteiger partial charge in [-0.3, -0.25) is 0 Å². The SMILES string of the molecule is OC(Cc1csc2ccccc12)CC(F)(F)F. The lowest BCUT2D eigenvalue weighted by Gasteiger charge is -2.12. The molecule has 1 unspecified atom stereocenters. The number of hydrogen-bond acceptors (Lipinski definition) is 2. The first-order valence-corrected chi connectivity index (χ1v) is 6.03. The van der Waals surface area contributed by atoms with E-state index in [-0.39, 0.29) is 6.42 Å². The second kappa shape index (κ2) is 4.66. The van der Waals surface area contributed by atoms with Gasteiger partial charge in [0.2, 0.25) is 0 Å². The fourth-order valence-corrected chi connectivity index (χ4v) is 2.76. The zero-order valence-corrected chi connectivity index (χ0v) is 9.68. The molecule has 2 aromatic rings. The smallest absolute Gasteiger partial charge is 0.391 e. The number of aliphatic hydroxyl groups excluding tert-OH is 1. The van der Waals surface area contributed by atoms with Gasteiger partial charge in [-0.15, -0.1) is 11.3 Å². The van der Waals surface area contributed by atoms with Gasteiger partial charge < -0.3 is 5.11 Å². The summed E-state index contributed by atoms with van der Waals surface area (Å²) < 4.78 is 37.3. The third-order valence-corrected chi connectivity index (χ3v) is 3.50. The van der Waals surface area contributed by atoms with Gasteiger partial charge in [-0.05, 0) is 22.4 Å². The quantitative estimate of drug-likeness (QED) is 0.891. The van der Waals surface area contributed by atoms with Gasteiger partial charge in [-0.1, -0.05) is 18.2 Å². The molecule has 0 saturated carbocycles. The van der Waals surface area contributed by atoms with E-state index in [9.17, 15) is 18.3 Å². The van der Waals surface area contributed by atoms with Crippen LogP contribution in [0.1, 0.15) is 12.0 Å². The van der Waals surface area contributed by atoms with E-state index in [1.54, 1.807) is 0 Å². The minimum Gasteiger partial charge on any atom is -0.392 e. The molecule has 0 aliphatic carbocycles.